The molecule has 0 bridgehead atoms. The van der Waals surface area contributed by atoms with Crippen LogP contribution in [0.2, 0.25) is 0 Å². The van der Waals surface area contributed by atoms with Gasteiger partial charge in [0, 0.05) is 47.0 Å². The monoisotopic (exact) mass is 817 g/mol. The van der Waals surface area contributed by atoms with Gasteiger partial charge in [0.15, 0.2) is 0 Å². The molecule has 6 amide bonds. The van der Waals surface area contributed by atoms with Crippen molar-refractivity contribution < 1.29 is 43.8 Å². The fourth-order valence-corrected chi connectivity index (χ4v) is 6.59. The standard InChI is InChI=1S/C41H55N9O9/c1-6-22(4)35(48-33(53)20-45-32(52)17-42)39(56)46-31(16-25-19-44-29-14-10-8-12-27(25)29)38(55)50-36(23(5)51)40(57)47-30(37(54)49-34(21(2)3)41(58)59)15-24-18-43-28-13-9-7-11-26(24)28/h7-14,18-19,21-23,30-31,34-36,43-44,51H,6,15-17,20,42H2,1-5H3,(H,45,52)(H,46,56)(H,47,57)(H,48,53)(H,49,54)(H,50,55)(H,58,59)/t22-,23+,30+,31+,34+,35+,36+/m0/s1. The van der Waals surface area contributed by atoms with Gasteiger partial charge in [-0.05, 0) is 42.0 Å². The number of aliphatic hydroxyl groups is 1. The fraction of sp³-hybridized carbons (Fsp3) is 0.439. The van der Waals surface area contributed by atoms with Crippen LogP contribution < -0.4 is 37.6 Å². The molecule has 0 aliphatic carbocycles. The number of hydrogen-bond acceptors (Lipinski definition) is 9. The molecule has 0 aliphatic heterocycles. The van der Waals surface area contributed by atoms with Crippen molar-refractivity contribution >= 4 is 63.2 Å². The molecular formula is C41H55N9O9. The molecule has 12 N–H and O–H groups in total. The van der Waals surface area contributed by atoms with Gasteiger partial charge in [-0.1, -0.05) is 70.5 Å². The summed E-state index contributed by atoms with van der Waals surface area (Å²) >= 11 is 0. The number of hydrogen-bond donors (Lipinski definition) is 11. The zero-order valence-corrected chi connectivity index (χ0v) is 33.8. The van der Waals surface area contributed by atoms with E-state index in [1.165, 1.54) is 6.92 Å². The Bertz CT molecular complexity index is 2130. The summed E-state index contributed by atoms with van der Waals surface area (Å²) in [5, 5.41) is 37.6. The van der Waals surface area contributed by atoms with Crippen molar-refractivity contribution in [3.8, 4) is 0 Å². The summed E-state index contributed by atoms with van der Waals surface area (Å²) in [4.78, 5) is 98.7. The van der Waals surface area contributed by atoms with E-state index in [1.54, 1.807) is 39.2 Å². The first kappa shape index (κ1) is 45.4. The van der Waals surface area contributed by atoms with E-state index >= 15 is 0 Å². The minimum absolute atomic E-state index is 0.0790. The number of aromatic amines is 2. The van der Waals surface area contributed by atoms with Crippen LogP contribution in [0.5, 0.6) is 0 Å². The number of nitrogens with two attached hydrogens (primary N) is 1. The summed E-state index contributed by atoms with van der Waals surface area (Å²) in [6.45, 7) is 7.29. The van der Waals surface area contributed by atoms with Crippen molar-refractivity contribution in [2.24, 2.45) is 17.6 Å². The third kappa shape index (κ3) is 12.1. The van der Waals surface area contributed by atoms with Crippen LogP contribution in [0.1, 0.15) is 52.2 Å². The predicted octanol–water partition coefficient (Wildman–Crippen LogP) is 0.101. The highest BCUT2D eigenvalue weighted by molar-refractivity contribution is 5.97. The first-order valence-electron chi connectivity index (χ1n) is 19.5. The second kappa shape index (κ2) is 20.9. The maximum atomic E-state index is 14.3. The maximum Gasteiger partial charge on any atom is 0.326 e. The minimum Gasteiger partial charge on any atom is -0.480 e. The number of H-pyrrole nitrogens is 2. The van der Waals surface area contributed by atoms with Crippen molar-refractivity contribution in [3.05, 3.63) is 72.1 Å². The van der Waals surface area contributed by atoms with Gasteiger partial charge in [0.2, 0.25) is 35.4 Å². The highest BCUT2D eigenvalue weighted by atomic mass is 16.4. The molecule has 318 valence electrons. The molecule has 0 saturated carbocycles. The number of aromatic nitrogens is 2. The largest absolute Gasteiger partial charge is 0.480 e. The number of nitrogens with one attached hydrogen (secondary N) is 8. The van der Waals surface area contributed by atoms with Gasteiger partial charge < -0.3 is 57.8 Å². The SMILES string of the molecule is CC[C@H](C)[C@@H](NC(=O)CNC(=O)CN)C(=O)N[C@H](Cc1c[nH]c2ccccc12)C(=O)N[C@@H](C(=O)N[C@H](Cc1c[nH]c2ccccc12)C(=O)N[C@@H](C(=O)O)C(C)C)[C@@H](C)O. The molecule has 0 unspecified atom stereocenters. The highest BCUT2D eigenvalue weighted by Crippen LogP contribution is 2.21. The van der Waals surface area contributed by atoms with Gasteiger partial charge in [-0.25, -0.2) is 4.79 Å². The number of aliphatic carboxylic acids is 1. The van der Waals surface area contributed by atoms with E-state index in [4.69, 9.17) is 5.73 Å². The van der Waals surface area contributed by atoms with Crippen molar-refractivity contribution in [3.63, 3.8) is 0 Å². The number of rotatable bonds is 21. The third-order valence-electron chi connectivity index (χ3n) is 10.2. The van der Waals surface area contributed by atoms with Gasteiger partial charge in [0.25, 0.3) is 0 Å². The van der Waals surface area contributed by atoms with E-state index in [-0.39, 0.29) is 19.4 Å². The van der Waals surface area contributed by atoms with Crippen LogP contribution in [0, 0.1) is 11.8 Å². The van der Waals surface area contributed by atoms with Gasteiger partial charge in [-0.15, -0.1) is 0 Å². The molecule has 59 heavy (non-hydrogen) atoms. The topological polar surface area (TPSA) is 290 Å². The molecule has 18 heteroatoms. The average Bonchev–Trinajstić information content (AvgIpc) is 3.82. The van der Waals surface area contributed by atoms with E-state index in [1.807, 2.05) is 49.4 Å². The number of benzene rings is 2. The molecule has 4 rings (SSSR count). The zero-order valence-electron chi connectivity index (χ0n) is 33.8. The van der Waals surface area contributed by atoms with E-state index in [0.29, 0.717) is 17.5 Å². The Hall–Kier alpha value is -6.27. The lowest BCUT2D eigenvalue weighted by molar-refractivity contribution is -0.143. The lowest BCUT2D eigenvalue weighted by Gasteiger charge is -2.29. The van der Waals surface area contributed by atoms with Gasteiger partial charge in [0.1, 0.15) is 30.2 Å². The molecule has 2 aromatic carbocycles. The molecule has 0 saturated heterocycles. The summed E-state index contributed by atoms with van der Waals surface area (Å²) in [6, 6.07) is 7.80. The van der Waals surface area contributed by atoms with E-state index in [2.05, 4.69) is 41.9 Å². The molecule has 18 nitrogen and oxygen atoms in total. The average molecular weight is 818 g/mol. The summed E-state index contributed by atoms with van der Waals surface area (Å²) in [7, 11) is 0. The molecule has 0 aliphatic rings. The number of para-hydroxylation sites is 2. The van der Waals surface area contributed by atoms with Crippen LogP contribution in [-0.4, -0.2) is 111 Å². The van der Waals surface area contributed by atoms with Crippen molar-refractivity contribution in [1.29, 1.82) is 0 Å². The number of aliphatic hydroxyl groups excluding tert-OH is 1. The predicted molar refractivity (Wildman–Crippen MR) is 219 cm³/mol. The van der Waals surface area contributed by atoms with Gasteiger partial charge >= 0.3 is 5.97 Å². The summed E-state index contributed by atoms with van der Waals surface area (Å²) in [6.07, 6.45) is 2.13. The van der Waals surface area contributed by atoms with E-state index in [0.717, 1.165) is 21.8 Å². The summed E-state index contributed by atoms with van der Waals surface area (Å²) in [5.41, 5.74) is 8.13. The van der Waals surface area contributed by atoms with Crippen LogP contribution in [0.3, 0.4) is 0 Å². The molecule has 0 radical (unpaired) electrons. The molecule has 7 atom stereocenters. The van der Waals surface area contributed by atoms with Crippen molar-refractivity contribution in [2.75, 3.05) is 13.1 Å². The quantitative estimate of drug-likeness (QED) is 0.0539. The molecule has 2 aromatic heterocycles. The lowest BCUT2D eigenvalue weighted by Crippen LogP contribution is -2.62. The minimum atomic E-state index is -1.65. The number of amides is 6. The van der Waals surface area contributed by atoms with Gasteiger partial charge in [-0.2, -0.15) is 0 Å². The first-order chi connectivity index (χ1) is 28.0. The van der Waals surface area contributed by atoms with Gasteiger partial charge in [0.05, 0.1) is 19.2 Å². The zero-order chi connectivity index (χ0) is 43.4. The van der Waals surface area contributed by atoms with Crippen LogP contribution >= 0.6 is 0 Å². The molecule has 2 heterocycles. The molecule has 4 aromatic rings. The summed E-state index contributed by atoms with van der Waals surface area (Å²) in [5.74, 6) is -6.75. The number of carboxylic acids is 1. The highest BCUT2D eigenvalue weighted by Gasteiger charge is 2.36. The number of carbonyl (C=O) groups excluding carboxylic acids is 6. The van der Waals surface area contributed by atoms with Crippen LogP contribution in [0.15, 0.2) is 60.9 Å². The number of carbonyl (C=O) groups is 7. The second-order valence-corrected chi connectivity index (χ2v) is 15.0. The lowest BCUT2D eigenvalue weighted by atomic mass is 9.97. The maximum absolute atomic E-state index is 14.3. The Morgan fingerprint density at radius 3 is 1.56 bits per heavy atom. The molecule has 0 spiro atoms. The Morgan fingerprint density at radius 2 is 1.12 bits per heavy atom. The van der Waals surface area contributed by atoms with E-state index in [9.17, 15) is 43.8 Å². The Balaban J connectivity index is 1.62. The van der Waals surface area contributed by atoms with Crippen LogP contribution in [0.4, 0.5) is 0 Å². The fourth-order valence-electron chi connectivity index (χ4n) is 6.59. The molecule has 0 fully saturated rings. The normalized spacial score (nSPS) is 14.9. The molecular weight excluding hydrogens is 763 g/mol. The van der Waals surface area contributed by atoms with Crippen molar-refractivity contribution in [1.82, 2.24) is 41.9 Å². The number of carboxylic acid groups (broad SMARTS) is 1. The smallest absolute Gasteiger partial charge is 0.326 e. The van der Waals surface area contributed by atoms with Gasteiger partial charge in [-0.3, -0.25) is 28.8 Å². The Morgan fingerprint density at radius 1 is 0.644 bits per heavy atom. The Labute approximate surface area is 341 Å². The number of fused-ring (bicyclic) bond motifs is 2. The van der Waals surface area contributed by atoms with E-state index < -0.39 is 96.1 Å². The third-order valence-corrected chi connectivity index (χ3v) is 10.2. The summed E-state index contributed by atoms with van der Waals surface area (Å²) < 4.78 is 0. The van der Waals surface area contributed by atoms with Crippen molar-refractivity contribution in [2.45, 2.75) is 90.2 Å². The first-order valence-corrected chi connectivity index (χ1v) is 19.5. The van der Waals surface area contributed by atoms with Crippen LogP contribution in [-0.2, 0) is 46.4 Å². The Kier molecular flexibility index (Phi) is 16.1. The van der Waals surface area contributed by atoms with Crippen LogP contribution in [0.25, 0.3) is 21.8 Å². The second-order valence-electron chi connectivity index (χ2n) is 15.0.